The van der Waals surface area contributed by atoms with Crippen LogP contribution in [0.3, 0.4) is 0 Å². The van der Waals surface area contributed by atoms with E-state index in [4.69, 9.17) is 14.5 Å². The van der Waals surface area contributed by atoms with Gasteiger partial charge in [0.2, 0.25) is 0 Å². The minimum Gasteiger partial charge on any atom is -0.472 e. The zero-order valence-corrected chi connectivity index (χ0v) is 7.58. The summed E-state index contributed by atoms with van der Waals surface area (Å²) in [5, 5.41) is 22.1. The van der Waals surface area contributed by atoms with Gasteiger partial charge in [-0.1, -0.05) is 0 Å². The first-order chi connectivity index (χ1) is 6.68. The molecule has 0 aliphatic rings. The fourth-order valence-electron chi connectivity index (χ4n) is 1.27. The number of hydrogen-bond acceptors (Lipinski definition) is 4. The van der Waals surface area contributed by atoms with Crippen molar-refractivity contribution in [3.63, 3.8) is 0 Å². The lowest BCUT2D eigenvalue weighted by Gasteiger charge is -1.96. The minimum absolute atomic E-state index is 0.348. The maximum Gasteiger partial charge on any atom is 0.507 e. The van der Waals surface area contributed by atoms with Crippen LogP contribution in [-0.4, -0.2) is 26.9 Å². The summed E-state index contributed by atoms with van der Waals surface area (Å²) in [6, 6.07) is 3.37. The molecule has 0 saturated carbocycles. The Bertz CT molecular complexity index is 422. The molecule has 14 heavy (non-hydrogen) atoms. The Balaban J connectivity index is 2.43. The van der Waals surface area contributed by atoms with Crippen LogP contribution >= 0.6 is 0 Å². The Morgan fingerprint density at radius 2 is 2.29 bits per heavy atom. The van der Waals surface area contributed by atoms with E-state index < -0.39 is 7.12 Å². The van der Waals surface area contributed by atoms with Gasteiger partial charge < -0.3 is 14.5 Å². The average molecular weight is 192 g/mol. The summed E-state index contributed by atoms with van der Waals surface area (Å²) in [4.78, 5) is 0. The molecule has 0 saturated heterocycles. The summed E-state index contributed by atoms with van der Waals surface area (Å²) in [7, 11) is 0.145. The summed E-state index contributed by atoms with van der Waals surface area (Å²) < 4.78 is 6.33. The minimum atomic E-state index is -1.51. The summed E-state index contributed by atoms with van der Waals surface area (Å²) in [5.74, 6) is 0. The largest absolute Gasteiger partial charge is 0.507 e. The van der Waals surface area contributed by atoms with Gasteiger partial charge in [-0.2, -0.15) is 5.10 Å². The zero-order chi connectivity index (χ0) is 10.1. The highest BCUT2D eigenvalue weighted by atomic mass is 16.4. The summed E-state index contributed by atoms with van der Waals surface area (Å²) in [6.07, 6.45) is 3.09. The molecular weight excluding hydrogens is 183 g/mol. The molecular formula is C8H9BN2O3. The van der Waals surface area contributed by atoms with Crippen molar-refractivity contribution in [2.24, 2.45) is 7.05 Å². The second-order valence-corrected chi connectivity index (χ2v) is 2.96. The van der Waals surface area contributed by atoms with E-state index in [1.165, 1.54) is 4.68 Å². The zero-order valence-electron chi connectivity index (χ0n) is 7.58. The smallest absolute Gasteiger partial charge is 0.472 e. The molecule has 0 fully saturated rings. The van der Waals surface area contributed by atoms with Gasteiger partial charge in [0.15, 0.2) is 0 Å². The van der Waals surface area contributed by atoms with Gasteiger partial charge >= 0.3 is 7.12 Å². The Kier molecular flexibility index (Phi) is 2.15. The van der Waals surface area contributed by atoms with Crippen LogP contribution in [0.25, 0.3) is 11.3 Å². The van der Waals surface area contributed by atoms with Gasteiger partial charge in [0.1, 0.15) is 0 Å². The predicted molar refractivity (Wildman–Crippen MR) is 50.7 cm³/mol. The monoisotopic (exact) mass is 192 g/mol. The molecule has 2 aromatic heterocycles. The lowest BCUT2D eigenvalue weighted by molar-refractivity contribution is 0.421. The van der Waals surface area contributed by atoms with Crippen molar-refractivity contribution >= 4 is 12.7 Å². The van der Waals surface area contributed by atoms with E-state index in [1.807, 2.05) is 0 Å². The van der Waals surface area contributed by atoms with E-state index in [0.717, 1.165) is 5.56 Å². The Morgan fingerprint density at radius 3 is 2.79 bits per heavy atom. The van der Waals surface area contributed by atoms with Crippen LogP contribution in [0.15, 0.2) is 29.1 Å². The van der Waals surface area contributed by atoms with E-state index in [-0.39, 0.29) is 0 Å². The topological polar surface area (TPSA) is 71.4 Å². The lowest BCUT2D eigenvalue weighted by Crippen LogP contribution is -2.35. The molecule has 0 spiro atoms. The highest BCUT2D eigenvalue weighted by Crippen LogP contribution is 2.15. The van der Waals surface area contributed by atoms with Crippen molar-refractivity contribution in [3.8, 4) is 11.3 Å². The van der Waals surface area contributed by atoms with Crippen LogP contribution in [-0.2, 0) is 7.05 Å². The third-order valence-electron chi connectivity index (χ3n) is 2.00. The van der Waals surface area contributed by atoms with Gasteiger partial charge in [-0.25, -0.2) is 0 Å². The maximum atomic E-state index is 8.99. The van der Waals surface area contributed by atoms with Crippen LogP contribution in [0.1, 0.15) is 0 Å². The number of rotatable bonds is 2. The van der Waals surface area contributed by atoms with Crippen molar-refractivity contribution < 1.29 is 14.5 Å². The number of furan rings is 1. The van der Waals surface area contributed by atoms with Crippen molar-refractivity contribution in [3.05, 3.63) is 24.7 Å². The van der Waals surface area contributed by atoms with Crippen molar-refractivity contribution in [1.29, 1.82) is 0 Å². The van der Waals surface area contributed by atoms with Gasteiger partial charge in [-0.15, -0.1) is 0 Å². The molecule has 2 aromatic rings. The fourth-order valence-corrected chi connectivity index (χ4v) is 1.27. The van der Waals surface area contributed by atoms with E-state index in [9.17, 15) is 0 Å². The second-order valence-electron chi connectivity index (χ2n) is 2.96. The molecule has 2 rings (SSSR count). The lowest BCUT2D eigenvalue weighted by atomic mass is 9.86. The SMILES string of the molecule is Cn1nc(-c2ccoc2)cc1B(O)O. The van der Waals surface area contributed by atoms with Gasteiger partial charge in [0, 0.05) is 12.6 Å². The number of nitrogens with zero attached hydrogens (tertiary/aromatic N) is 2. The van der Waals surface area contributed by atoms with Gasteiger partial charge in [-0.05, 0) is 12.1 Å². The van der Waals surface area contributed by atoms with Crippen LogP contribution in [0.5, 0.6) is 0 Å². The fraction of sp³-hybridized carbons (Fsp3) is 0.125. The number of aryl methyl sites for hydroxylation is 1. The van der Waals surface area contributed by atoms with Crippen molar-refractivity contribution in [2.75, 3.05) is 0 Å². The molecule has 5 nitrogen and oxygen atoms in total. The summed E-state index contributed by atoms with van der Waals surface area (Å²) in [5.41, 5.74) is 1.82. The van der Waals surface area contributed by atoms with E-state index in [2.05, 4.69) is 5.10 Å². The molecule has 2 N–H and O–H groups in total. The molecule has 0 aromatic carbocycles. The quantitative estimate of drug-likeness (QED) is 0.620. The average Bonchev–Trinajstić information content (AvgIpc) is 2.70. The third kappa shape index (κ3) is 1.45. The molecule has 0 radical (unpaired) electrons. The number of hydrogen-bond donors (Lipinski definition) is 2. The van der Waals surface area contributed by atoms with Crippen LogP contribution in [0, 0.1) is 0 Å². The van der Waals surface area contributed by atoms with Crippen molar-refractivity contribution in [2.45, 2.75) is 0 Å². The highest BCUT2D eigenvalue weighted by Gasteiger charge is 2.18. The van der Waals surface area contributed by atoms with Crippen LogP contribution < -0.4 is 5.59 Å². The summed E-state index contributed by atoms with van der Waals surface area (Å²) >= 11 is 0. The van der Waals surface area contributed by atoms with Gasteiger partial charge in [0.25, 0.3) is 0 Å². The van der Waals surface area contributed by atoms with Crippen molar-refractivity contribution in [1.82, 2.24) is 9.78 Å². The normalized spacial score (nSPS) is 10.5. The molecule has 6 heteroatoms. The molecule has 0 aliphatic carbocycles. The second kappa shape index (κ2) is 3.32. The van der Waals surface area contributed by atoms with Crippen LogP contribution in [0.4, 0.5) is 0 Å². The van der Waals surface area contributed by atoms with E-state index in [1.54, 1.807) is 31.7 Å². The van der Waals surface area contributed by atoms with Gasteiger partial charge in [0.05, 0.1) is 23.8 Å². The Hall–Kier alpha value is -1.53. The first-order valence-corrected chi connectivity index (χ1v) is 4.11. The Labute approximate surface area is 80.7 Å². The molecule has 0 atom stereocenters. The molecule has 0 amide bonds. The molecule has 72 valence electrons. The molecule has 0 unspecified atom stereocenters. The first kappa shape index (κ1) is 9.05. The summed E-state index contributed by atoms with van der Waals surface area (Å²) in [6.45, 7) is 0. The van der Waals surface area contributed by atoms with E-state index >= 15 is 0 Å². The molecule has 0 bridgehead atoms. The highest BCUT2D eigenvalue weighted by molar-refractivity contribution is 6.57. The molecule has 0 aliphatic heterocycles. The maximum absolute atomic E-state index is 8.99. The van der Waals surface area contributed by atoms with Gasteiger partial charge in [-0.3, -0.25) is 4.68 Å². The number of aromatic nitrogens is 2. The van der Waals surface area contributed by atoms with Crippen LogP contribution in [0.2, 0.25) is 0 Å². The van der Waals surface area contributed by atoms with E-state index in [0.29, 0.717) is 11.3 Å². The standard InChI is InChI=1S/C8H9BN2O3/c1-11-8(9(12)13)4-7(10-11)6-2-3-14-5-6/h2-5,12-13H,1H3. The third-order valence-corrected chi connectivity index (χ3v) is 2.00. The Morgan fingerprint density at radius 1 is 1.50 bits per heavy atom. The molecule has 2 heterocycles. The predicted octanol–water partition coefficient (Wildman–Crippen LogP) is -0.640. The first-order valence-electron chi connectivity index (χ1n) is 4.11.